The molecule has 1 aromatic carbocycles. The van der Waals surface area contributed by atoms with Crippen molar-refractivity contribution in [3.8, 4) is 0 Å². The lowest BCUT2D eigenvalue weighted by molar-refractivity contribution is -0.118. The smallest absolute Gasteiger partial charge is 0.257 e. The van der Waals surface area contributed by atoms with E-state index in [0.29, 0.717) is 24.7 Å². The Kier molecular flexibility index (Phi) is 6.20. The molecule has 0 aliphatic heterocycles. The van der Waals surface area contributed by atoms with Crippen LogP contribution in [0.4, 0.5) is 8.78 Å². The van der Waals surface area contributed by atoms with E-state index in [1.165, 1.54) is 18.7 Å². The maximum atomic E-state index is 13.7. The molecule has 0 bridgehead atoms. The van der Waals surface area contributed by atoms with E-state index in [2.05, 4.69) is 5.32 Å². The SMILES string of the molecule is CC(=O)NCCSC[C@H]1[C@H](COCc2ccccc2)C1(F)F. The molecule has 122 valence electrons. The van der Waals surface area contributed by atoms with Crippen molar-refractivity contribution >= 4 is 17.7 Å². The summed E-state index contributed by atoms with van der Waals surface area (Å²) in [5.74, 6) is -2.92. The van der Waals surface area contributed by atoms with Gasteiger partial charge in [-0.2, -0.15) is 11.8 Å². The third-order valence-corrected chi connectivity index (χ3v) is 4.78. The van der Waals surface area contributed by atoms with E-state index in [1.54, 1.807) is 0 Å². The van der Waals surface area contributed by atoms with Gasteiger partial charge in [-0.1, -0.05) is 30.3 Å². The second-order valence-electron chi connectivity index (χ2n) is 5.45. The van der Waals surface area contributed by atoms with Crippen molar-refractivity contribution in [2.75, 3.05) is 24.7 Å². The van der Waals surface area contributed by atoms with Crippen LogP contribution in [0.3, 0.4) is 0 Å². The molecule has 0 radical (unpaired) electrons. The number of benzene rings is 1. The van der Waals surface area contributed by atoms with Gasteiger partial charge in [0.25, 0.3) is 5.92 Å². The molecule has 1 aliphatic carbocycles. The topological polar surface area (TPSA) is 38.3 Å². The maximum Gasteiger partial charge on any atom is 0.257 e. The summed E-state index contributed by atoms with van der Waals surface area (Å²) >= 11 is 1.45. The van der Waals surface area contributed by atoms with Crippen LogP contribution >= 0.6 is 11.8 Å². The van der Waals surface area contributed by atoms with Crippen LogP contribution in [0.25, 0.3) is 0 Å². The van der Waals surface area contributed by atoms with Crippen LogP contribution in [0.15, 0.2) is 30.3 Å². The summed E-state index contributed by atoms with van der Waals surface area (Å²) in [6.45, 7) is 2.43. The van der Waals surface area contributed by atoms with Crippen LogP contribution in [0.1, 0.15) is 12.5 Å². The van der Waals surface area contributed by atoms with E-state index in [1.807, 2.05) is 30.3 Å². The van der Waals surface area contributed by atoms with Gasteiger partial charge in [-0.25, -0.2) is 8.78 Å². The number of ether oxygens (including phenoxy) is 1. The number of halogens is 2. The predicted molar refractivity (Wildman–Crippen MR) is 84.0 cm³/mol. The Labute approximate surface area is 133 Å². The standard InChI is InChI=1S/C16H21F2NO2S/c1-12(20)19-7-8-22-11-15-14(16(15,17)18)10-21-9-13-5-3-2-4-6-13/h2-6,14-15H,7-11H2,1H3,(H,19,20)/t14-,15-/m0/s1. The summed E-state index contributed by atoms with van der Waals surface area (Å²) in [6.07, 6.45) is 0. The van der Waals surface area contributed by atoms with Gasteiger partial charge in [0, 0.05) is 30.9 Å². The number of rotatable bonds is 9. The Hall–Kier alpha value is -1.14. The first-order valence-electron chi connectivity index (χ1n) is 7.33. The Morgan fingerprint density at radius 3 is 2.73 bits per heavy atom. The fraction of sp³-hybridized carbons (Fsp3) is 0.562. The fourth-order valence-corrected chi connectivity index (χ4v) is 3.42. The van der Waals surface area contributed by atoms with Gasteiger partial charge in [0.15, 0.2) is 0 Å². The lowest BCUT2D eigenvalue weighted by Crippen LogP contribution is -2.22. The zero-order chi connectivity index (χ0) is 16.0. The van der Waals surface area contributed by atoms with E-state index < -0.39 is 17.8 Å². The highest BCUT2D eigenvalue weighted by molar-refractivity contribution is 7.99. The van der Waals surface area contributed by atoms with E-state index in [9.17, 15) is 13.6 Å². The largest absolute Gasteiger partial charge is 0.376 e. The average Bonchev–Trinajstić information content (AvgIpc) is 3.00. The lowest BCUT2D eigenvalue weighted by atomic mass is 10.2. The predicted octanol–water partition coefficient (Wildman–Crippen LogP) is 2.95. The summed E-state index contributed by atoms with van der Waals surface area (Å²) < 4.78 is 32.7. The van der Waals surface area contributed by atoms with Crippen molar-refractivity contribution in [3.05, 3.63) is 35.9 Å². The summed E-state index contributed by atoms with van der Waals surface area (Å²) in [7, 11) is 0. The molecular weight excluding hydrogens is 308 g/mol. The molecule has 0 heterocycles. The third-order valence-electron chi connectivity index (χ3n) is 3.69. The number of hydrogen-bond acceptors (Lipinski definition) is 3. The molecule has 1 aromatic rings. The minimum absolute atomic E-state index is 0.0930. The first-order chi connectivity index (χ1) is 10.5. The van der Waals surface area contributed by atoms with E-state index >= 15 is 0 Å². The summed E-state index contributed by atoms with van der Waals surface area (Å²) in [4.78, 5) is 10.7. The normalized spacial score (nSPS) is 22.3. The number of thioether (sulfide) groups is 1. The molecule has 1 saturated carbocycles. The first-order valence-corrected chi connectivity index (χ1v) is 8.49. The Bertz CT molecular complexity index is 484. The lowest BCUT2D eigenvalue weighted by Gasteiger charge is -2.03. The molecular formula is C16H21F2NO2S. The number of carbonyl (C=O) groups is 1. The van der Waals surface area contributed by atoms with Gasteiger partial charge in [-0.05, 0) is 5.56 Å². The van der Waals surface area contributed by atoms with Gasteiger partial charge in [-0.15, -0.1) is 0 Å². The van der Waals surface area contributed by atoms with E-state index in [4.69, 9.17) is 4.74 Å². The molecule has 22 heavy (non-hydrogen) atoms. The van der Waals surface area contributed by atoms with Crippen LogP contribution in [0.5, 0.6) is 0 Å². The van der Waals surface area contributed by atoms with Crippen molar-refractivity contribution in [1.29, 1.82) is 0 Å². The minimum Gasteiger partial charge on any atom is -0.376 e. The van der Waals surface area contributed by atoms with Gasteiger partial charge in [0.05, 0.1) is 19.1 Å². The molecule has 6 heteroatoms. The zero-order valence-corrected chi connectivity index (χ0v) is 13.4. The third kappa shape index (κ3) is 4.95. The maximum absolute atomic E-state index is 13.7. The number of alkyl halides is 2. The highest BCUT2D eigenvalue weighted by Gasteiger charge is 2.67. The molecule has 3 nitrogen and oxygen atoms in total. The van der Waals surface area contributed by atoms with E-state index in [0.717, 1.165) is 5.56 Å². The van der Waals surface area contributed by atoms with E-state index in [-0.39, 0.29) is 12.5 Å². The van der Waals surface area contributed by atoms with Crippen LogP contribution in [0.2, 0.25) is 0 Å². The monoisotopic (exact) mass is 329 g/mol. The molecule has 1 fully saturated rings. The number of nitrogens with one attached hydrogen (secondary N) is 1. The molecule has 1 aliphatic rings. The van der Waals surface area contributed by atoms with Gasteiger partial charge >= 0.3 is 0 Å². The molecule has 2 atom stereocenters. The molecule has 0 saturated heterocycles. The highest BCUT2D eigenvalue weighted by Crippen LogP contribution is 2.56. The van der Waals surface area contributed by atoms with Gasteiger partial charge in [-0.3, -0.25) is 4.79 Å². The van der Waals surface area contributed by atoms with Crippen molar-refractivity contribution in [3.63, 3.8) is 0 Å². The van der Waals surface area contributed by atoms with Crippen molar-refractivity contribution in [2.45, 2.75) is 19.5 Å². The quantitative estimate of drug-likeness (QED) is 0.708. The Morgan fingerprint density at radius 1 is 1.32 bits per heavy atom. The molecule has 1 amide bonds. The van der Waals surface area contributed by atoms with Gasteiger partial charge in [0.1, 0.15) is 0 Å². The highest BCUT2D eigenvalue weighted by atomic mass is 32.2. The second-order valence-corrected chi connectivity index (χ2v) is 6.60. The summed E-state index contributed by atoms with van der Waals surface area (Å²) in [5, 5.41) is 2.65. The Morgan fingerprint density at radius 2 is 2.05 bits per heavy atom. The van der Waals surface area contributed by atoms with Crippen LogP contribution in [0, 0.1) is 11.8 Å². The number of amides is 1. The van der Waals surface area contributed by atoms with Crippen molar-refractivity contribution < 1.29 is 18.3 Å². The van der Waals surface area contributed by atoms with Crippen LogP contribution in [-0.4, -0.2) is 36.5 Å². The summed E-state index contributed by atoms with van der Waals surface area (Å²) in [5.41, 5.74) is 0.993. The van der Waals surface area contributed by atoms with Crippen molar-refractivity contribution in [1.82, 2.24) is 5.32 Å². The van der Waals surface area contributed by atoms with Gasteiger partial charge < -0.3 is 10.1 Å². The molecule has 0 aromatic heterocycles. The van der Waals surface area contributed by atoms with Crippen LogP contribution < -0.4 is 5.32 Å². The van der Waals surface area contributed by atoms with Gasteiger partial charge in [0.2, 0.25) is 5.91 Å². The summed E-state index contributed by atoms with van der Waals surface area (Å²) in [6, 6.07) is 9.55. The molecule has 0 unspecified atom stereocenters. The Balaban J connectivity index is 1.61. The van der Waals surface area contributed by atoms with Crippen LogP contribution in [-0.2, 0) is 16.1 Å². The second kappa shape index (κ2) is 7.92. The molecule has 2 rings (SSSR count). The zero-order valence-electron chi connectivity index (χ0n) is 12.6. The number of hydrogen-bond donors (Lipinski definition) is 1. The number of carbonyl (C=O) groups excluding carboxylic acids is 1. The molecule has 0 spiro atoms. The fourth-order valence-electron chi connectivity index (χ4n) is 2.30. The molecule has 1 N–H and O–H groups in total. The average molecular weight is 329 g/mol. The minimum atomic E-state index is -2.61. The van der Waals surface area contributed by atoms with Crippen molar-refractivity contribution in [2.24, 2.45) is 11.8 Å². The first kappa shape index (κ1) is 17.2.